The Morgan fingerprint density at radius 2 is 2.00 bits per heavy atom. The van der Waals surface area contributed by atoms with Gasteiger partial charge in [-0.2, -0.15) is 0 Å². The number of carbonyl (C=O) groups excluding carboxylic acids is 1. The van der Waals surface area contributed by atoms with Crippen molar-refractivity contribution in [1.82, 2.24) is 5.32 Å². The van der Waals surface area contributed by atoms with E-state index in [0.717, 1.165) is 6.42 Å². The van der Waals surface area contributed by atoms with Crippen molar-refractivity contribution in [2.24, 2.45) is 0 Å². The Morgan fingerprint density at radius 1 is 1.40 bits per heavy atom. The third-order valence-corrected chi connectivity index (χ3v) is 2.28. The molecule has 0 radical (unpaired) electrons. The minimum absolute atomic E-state index is 0.0204. The molecular formula is C11H23NO3. The third kappa shape index (κ3) is 8.39. The first-order valence-electron chi connectivity index (χ1n) is 5.46. The summed E-state index contributed by atoms with van der Waals surface area (Å²) in [5, 5.41) is 12.0. The number of methoxy groups -OCH3 is 1. The molecule has 2 N–H and O–H groups in total. The highest BCUT2D eigenvalue weighted by atomic mass is 16.5. The Balaban J connectivity index is 3.64. The standard InChI is InChI=1S/C11H23NO3/c1-8(7-9(2)13)12-11(14)6-5-10(3)15-4/h8-10,13H,5-7H2,1-4H3,(H,12,14). The second-order valence-corrected chi connectivity index (χ2v) is 4.14. The summed E-state index contributed by atoms with van der Waals surface area (Å²) in [5.41, 5.74) is 0. The molecule has 0 aromatic heterocycles. The summed E-state index contributed by atoms with van der Waals surface area (Å²) in [5.74, 6) is 0.0204. The lowest BCUT2D eigenvalue weighted by molar-refractivity contribution is -0.122. The van der Waals surface area contributed by atoms with Crippen LogP contribution >= 0.6 is 0 Å². The number of hydrogen-bond acceptors (Lipinski definition) is 3. The second kappa shape index (κ2) is 7.65. The van der Waals surface area contributed by atoms with E-state index in [1.165, 1.54) is 0 Å². The number of aliphatic hydroxyl groups is 1. The smallest absolute Gasteiger partial charge is 0.220 e. The third-order valence-electron chi connectivity index (χ3n) is 2.28. The number of carbonyl (C=O) groups is 1. The molecule has 0 aromatic rings. The zero-order valence-electron chi connectivity index (χ0n) is 10.1. The van der Waals surface area contributed by atoms with Crippen LogP contribution in [0.25, 0.3) is 0 Å². The molecule has 90 valence electrons. The quantitative estimate of drug-likeness (QED) is 0.671. The zero-order valence-corrected chi connectivity index (χ0v) is 10.1. The van der Waals surface area contributed by atoms with Crippen molar-refractivity contribution >= 4 is 5.91 Å². The van der Waals surface area contributed by atoms with Gasteiger partial charge in [0, 0.05) is 19.6 Å². The van der Waals surface area contributed by atoms with Gasteiger partial charge < -0.3 is 15.2 Å². The second-order valence-electron chi connectivity index (χ2n) is 4.14. The van der Waals surface area contributed by atoms with Gasteiger partial charge in [0.15, 0.2) is 0 Å². The largest absolute Gasteiger partial charge is 0.393 e. The van der Waals surface area contributed by atoms with Gasteiger partial charge in [-0.3, -0.25) is 4.79 Å². The topological polar surface area (TPSA) is 58.6 Å². The molecule has 0 aliphatic carbocycles. The van der Waals surface area contributed by atoms with Crippen LogP contribution in [0.3, 0.4) is 0 Å². The number of nitrogens with one attached hydrogen (secondary N) is 1. The average molecular weight is 217 g/mol. The van der Waals surface area contributed by atoms with E-state index < -0.39 is 0 Å². The molecule has 15 heavy (non-hydrogen) atoms. The van der Waals surface area contributed by atoms with Crippen LogP contribution in [0.15, 0.2) is 0 Å². The highest BCUT2D eigenvalue weighted by molar-refractivity contribution is 5.76. The van der Waals surface area contributed by atoms with Crippen LogP contribution in [0, 0.1) is 0 Å². The predicted molar refractivity (Wildman–Crippen MR) is 59.6 cm³/mol. The van der Waals surface area contributed by atoms with Crippen molar-refractivity contribution in [1.29, 1.82) is 0 Å². The molecule has 0 aliphatic heterocycles. The minimum atomic E-state index is -0.377. The summed E-state index contributed by atoms with van der Waals surface area (Å²) in [7, 11) is 1.64. The monoisotopic (exact) mass is 217 g/mol. The van der Waals surface area contributed by atoms with Gasteiger partial charge in [0.2, 0.25) is 5.91 Å². The number of ether oxygens (including phenoxy) is 1. The molecule has 0 aliphatic rings. The first kappa shape index (κ1) is 14.4. The number of amides is 1. The fraction of sp³-hybridized carbons (Fsp3) is 0.909. The molecule has 0 heterocycles. The van der Waals surface area contributed by atoms with Gasteiger partial charge in [0.05, 0.1) is 12.2 Å². The molecule has 1 amide bonds. The van der Waals surface area contributed by atoms with E-state index in [2.05, 4.69) is 5.32 Å². The normalized spacial score (nSPS) is 16.9. The van der Waals surface area contributed by atoms with E-state index >= 15 is 0 Å². The molecule has 0 aromatic carbocycles. The lowest BCUT2D eigenvalue weighted by Crippen LogP contribution is -2.34. The van der Waals surface area contributed by atoms with E-state index in [0.29, 0.717) is 12.8 Å². The van der Waals surface area contributed by atoms with Crippen LogP contribution in [-0.4, -0.2) is 36.4 Å². The molecule has 0 spiro atoms. The molecule has 0 rings (SSSR count). The van der Waals surface area contributed by atoms with Gasteiger partial charge in [0.25, 0.3) is 0 Å². The highest BCUT2D eigenvalue weighted by Gasteiger charge is 2.10. The van der Waals surface area contributed by atoms with Gasteiger partial charge in [0.1, 0.15) is 0 Å². The van der Waals surface area contributed by atoms with Crippen LogP contribution in [0.1, 0.15) is 40.0 Å². The van der Waals surface area contributed by atoms with Gasteiger partial charge in [-0.15, -0.1) is 0 Å². The maximum Gasteiger partial charge on any atom is 0.220 e. The molecule has 4 heteroatoms. The van der Waals surface area contributed by atoms with Gasteiger partial charge >= 0.3 is 0 Å². The fourth-order valence-electron chi connectivity index (χ4n) is 1.37. The van der Waals surface area contributed by atoms with Crippen molar-refractivity contribution in [3.63, 3.8) is 0 Å². The average Bonchev–Trinajstić information content (AvgIpc) is 2.12. The molecule has 3 unspecified atom stereocenters. The van der Waals surface area contributed by atoms with Crippen LogP contribution in [-0.2, 0) is 9.53 Å². The van der Waals surface area contributed by atoms with E-state index in [1.54, 1.807) is 14.0 Å². The first-order chi connectivity index (χ1) is 6.95. The zero-order chi connectivity index (χ0) is 11.8. The van der Waals surface area contributed by atoms with Gasteiger partial charge in [-0.05, 0) is 33.6 Å². The Morgan fingerprint density at radius 3 is 2.47 bits per heavy atom. The lowest BCUT2D eigenvalue weighted by atomic mass is 10.1. The summed E-state index contributed by atoms with van der Waals surface area (Å²) in [6.45, 7) is 5.55. The summed E-state index contributed by atoms with van der Waals surface area (Å²) in [6.07, 6.45) is 1.52. The number of hydrogen-bond donors (Lipinski definition) is 2. The highest BCUT2D eigenvalue weighted by Crippen LogP contribution is 2.01. The summed E-state index contributed by atoms with van der Waals surface area (Å²) in [4.78, 5) is 11.4. The maximum atomic E-state index is 11.4. The van der Waals surface area contributed by atoms with Crippen LogP contribution in [0.2, 0.25) is 0 Å². The van der Waals surface area contributed by atoms with Crippen LogP contribution in [0.4, 0.5) is 0 Å². The molecule has 3 atom stereocenters. The Bertz CT molecular complexity index is 183. The molecule has 0 saturated carbocycles. The van der Waals surface area contributed by atoms with E-state index in [4.69, 9.17) is 9.84 Å². The molecule has 0 saturated heterocycles. The van der Waals surface area contributed by atoms with E-state index in [1.807, 2.05) is 13.8 Å². The minimum Gasteiger partial charge on any atom is -0.393 e. The van der Waals surface area contributed by atoms with E-state index in [-0.39, 0.29) is 24.2 Å². The molecule has 0 fully saturated rings. The summed E-state index contributed by atoms with van der Waals surface area (Å²) in [6, 6.07) is 0.0235. The van der Waals surface area contributed by atoms with Crippen molar-refractivity contribution in [3.05, 3.63) is 0 Å². The van der Waals surface area contributed by atoms with Crippen molar-refractivity contribution < 1.29 is 14.6 Å². The molecule has 0 bridgehead atoms. The van der Waals surface area contributed by atoms with Gasteiger partial charge in [-0.1, -0.05) is 0 Å². The van der Waals surface area contributed by atoms with Crippen LogP contribution in [0.5, 0.6) is 0 Å². The Hall–Kier alpha value is -0.610. The number of rotatable bonds is 7. The summed E-state index contributed by atoms with van der Waals surface area (Å²) >= 11 is 0. The van der Waals surface area contributed by atoms with Crippen molar-refractivity contribution in [2.45, 2.75) is 58.3 Å². The van der Waals surface area contributed by atoms with Crippen LogP contribution < -0.4 is 5.32 Å². The summed E-state index contributed by atoms with van der Waals surface area (Å²) < 4.78 is 5.05. The number of aliphatic hydroxyl groups excluding tert-OH is 1. The van der Waals surface area contributed by atoms with E-state index in [9.17, 15) is 4.79 Å². The molecular weight excluding hydrogens is 194 g/mol. The predicted octanol–water partition coefficient (Wildman–Crippen LogP) is 1.08. The van der Waals surface area contributed by atoms with Crippen molar-refractivity contribution in [2.75, 3.05) is 7.11 Å². The SMILES string of the molecule is COC(C)CCC(=O)NC(C)CC(C)O. The fourth-order valence-corrected chi connectivity index (χ4v) is 1.37. The lowest BCUT2D eigenvalue weighted by Gasteiger charge is -2.16. The first-order valence-corrected chi connectivity index (χ1v) is 5.46. The molecule has 4 nitrogen and oxygen atoms in total. The maximum absolute atomic E-state index is 11.4. The van der Waals surface area contributed by atoms with Crippen molar-refractivity contribution in [3.8, 4) is 0 Å². The Labute approximate surface area is 92.0 Å². The van der Waals surface area contributed by atoms with Gasteiger partial charge in [-0.25, -0.2) is 0 Å². The Kier molecular flexibility index (Phi) is 7.34.